The van der Waals surface area contributed by atoms with E-state index in [1.54, 1.807) is 0 Å². The first-order valence-electron chi connectivity index (χ1n) is 31.6. The Morgan fingerprint density at radius 2 is 0.554 bits per heavy atom. The minimum absolute atomic E-state index is 0.0939. The number of hydrogen-bond donors (Lipinski definition) is 0. The standard InChI is InChI=1S/C68H118O6/c1-4-7-10-13-16-19-22-24-26-27-28-29-30-31-32-33-34-35-36-37-38-39-40-41-43-44-46-49-52-55-58-61-67(70)73-64-65(63-72-66(69)60-57-54-51-48-21-18-15-12-9-6-3)74-68(71)62-59-56-53-50-47-45-42-25-23-20-17-14-11-8-5-2/h8,11-12,15,17,20,22,24-25,27-28,42,47,50,65H,4-7,9-10,13-14,16,18-19,21,23,26,29-41,43-46,48-49,51-64H2,1-3H3/b11-8-,15-12-,20-17-,24-22-,28-27-,42-25-,50-47-. The maximum atomic E-state index is 12.8. The summed E-state index contributed by atoms with van der Waals surface area (Å²) in [6.45, 7) is 6.43. The molecule has 0 amide bonds. The van der Waals surface area contributed by atoms with Gasteiger partial charge in [-0.25, -0.2) is 0 Å². The predicted molar refractivity (Wildman–Crippen MR) is 321 cm³/mol. The molecule has 0 radical (unpaired) electrons. The normalized spacial score (nSPS) is 12.6. The maximum absolute atomic E-state index is 12.8. The number of carbonyl (C=O) groups excluding carboxylic acids is 3. The molecule has 6 nitrogen and oxygen atoms in total. The highest BCUT2D eigenvalue weighted by atomic mass is 16.6. The fourth-order valence-corrected chi connectivity index (χ4v) is 8.88. The number of rotatable bonds is 57. The van der Waals surface area contributed by atoms with Gasteiger partial charge in [0.2, 0.25) is 0 Å². The average Bonchev–Trinajstić information content (AvgIpc) is 3.40. The van der Waals surface area contributed by atoms with Crippen LogP contribution >= 0.6 is 0 Å². The molecule has 6 heteroatoms. The van der Waals surface area contributed by atoms with Crippen molar-refractivity contribution in [3.8, 4) is 0 Å². The zero-order valence-corrected chi connectivity index (χ0v) is 48.8. The summed E-state index contributed by atoms with van der Waals surface area (Å²) in [6, 6.07) is 0. The summed E-state index contributed by atoms with van der Waals surface area (Å²) < 4.78 is 16.8. The Morgan fingerprint density at radius 1 is 0.284 bits per heavy atom. The van der Waals surface area contributed by atoms with Crippen LogP contribution in [0, 0.1) is 0 Å². The van der Waals surface area contributed by atoms with E-state index in [-0.39, 0.29) is 37.5 Å². The van der Waals surface area contributed by atoms with Crippen LogP contribution in [0.2, 0.25) is 0 Å². The maximum Gasteiger partial charge on any atom is 0.306 e. The minimum atomic E-state index is -0.800. The Morgan fingerprint density at radius 3 is 0.919 bits per heavy atom. The van der Waals surface area contributed by atoms with Crippen molar-refractivity contribution in [1.82, 2.24) is 0 Å². The molecule has 1 unspecified atom stereocenters. The lowest BCUT2D eigenvalue weighted by molar-refractivity contribution is -0.167. The van der Waals surface area contributed by atoms with Gasteiger partial charge in [0, 0.05) is 19.3 Å². The van der Waals surface area contributed by atoms with Gasteiger partial charge in [0.05, 0.1) is 0 Å². The highest BCUT2D eigenvalue weighted by Gasteiger charge is 2.19. The summed E-state index contributed by atoms with van der Waals surface area (Å²) in [5, 5.41) is 0. The molecule has 0 N–H and O–H groups in total. The van der Waals surface area contributed by atoms with Gasteiger partial charge in [-0.3, -0.25) is 14.4 Å². The van der Waals surface area contributed by atoms with Crippen molar-refractivity contribution in [3.63, 3.8) is 0 Å². The first-order valence-corrected chi connectivity index (χ1v) is 31.6. The summed E-state index contributed by atoms with van der Waals surface area (Å²) in [7, 11) is 0. The van der Waals surface area contributed by atoms with E-state index in [0.29, 0.717) is 19.3 Å². The zero-order valence-electron chi connectivity index (χ0n) is 48.8. The van der Waals surface area contributed by atoms with Gasteiger partial charge in [-0.2, -0.15) is 0 Å². The molecule has 0 fully saturated rings. The number of unbranched alkanes of at least 4 members (excludes halogenated alkanes) is 32. The van der Waals surface area contributed by atoms with Crippen LogP contribution < -0.4 is 0 Å². The second-order valence-electron chi connectivity index (χ2n) is 20.9. The summed E-state index contributed by atoms with van der Waals surface area (Å²) in [4.78, 5) is 38.1. The van der Waals surface area contributed by atoms with E-state index in [1.165, 1.54) is 161 Å². The van der Waals surface area contributed by atoms with Crippen molar-refractivity contribution in [2.75, 3.05) is 13.2 Å². The topological polar surface area (TPSA) is 78.9 Å². The van der Waals surface area contributed by atoms with Crippen molar-refractivity contribution in [2.45, 2.75) is 316 Å². The van der Waals surface area contributed by atoms with Crippen LogP contribution in [0.1, 0.15) is 310 Å². The van der Waals surface area contributed by atoms with Crippen LogP contribution in [0.3, 0.4) is 0 Å². The fraction of sp³-hybridized carbons (Fsp3) is 0.750. The van der Waals surface area contributed by atoms with Gasteiger partial charge in [-0.1, -0.05) is 266 Å². The van der Waals surface area contributed by atoms with Crippen LogP contribution in [0.25, 0.3) is 0 Å². The molecule has 0 aliphatic rings. The van der Waals surface area contributed by atoms with Crippen LogP contribution in [0.4, 0.5) is 0 Å². The summed E-state index contributed by atoms with van der Waals surface area (Å²) in [5.74, 6) is -0.939. The first kappa shape index (κ1) is 70.6. The Balaban J connectivity index is 4.13. The van der Waals surface area contributed by atoms with E-state index in [0.717, 1.165) is 103 Å². The largest absolute Gasteiger partial charge is 0.462 e. The molecule has 0 spiro atoms. The smallest absolute Gasteiger partial charge is 0.306 e. The molecule has 0 aromatic heterocycles. The van der Waals surface area contributed by atoms with Crippen molar-refractivity contribution >= 4 is 17.9 Å². The molecule has 0 aliphatic heterocycles. The van der Waals surface area contributed by atoms with Crippen molar-refractivity contribution in [2.24, 2.45) is 0 Å². The summed E-state index contributed by atoms with van der Waals surface area (Å²) in [6.07, 6.45) is 81.9. The zero-order chi connectivity index (χ0) is 53.6. The van der Waals surface area contributed by atoms with Gasteiger partial charge in [-0.05, 0) is 109 Å². The van der Waals surface area contributed by atoms with Gasteiger partial charge in [0.1, 0.15) is 13.2 Å². The molecule has 0 aromatic rings. The van der Waals surface area contributed by atoms with Crippen molar-refractivity contribution in [1.29, 1.82) is 0 Å². The minimum Gasteiger partial charge on any atom is -0.462 e. The average molecular weight is 1030 g/mol. The third-order valence-electron chi connectivity index (χ3n) is 13.6. The number of carbonyl (C=O) groups is 3. The number of hydrogen-bond acceptors (Lipinski definition) is 6. The second-order valence-corrected chi connectivity index (χ2v) is 20.9. The fourth-order valence-electron chi connectivity index (χ4n) is 8.88. The van der Waals surface area contributed by atoms with E-state index in [4.69, 9.17) is 14.2 Å². The lowest BCUT2D eigenvalue weighted by Crippen LogP contribution is -2.30. The van der Waals surface area contributed by atoms with Gasteiger partial charge in [0.25, 0.3) is 0 Å². The van der Waals surface area contributed by atoms with Crippen LogP contribution in [0.5, 0.6) is 0 Å². The third kappa shape index (κ3) is 59.5. The molecule has 0 aliphatic carbocycles. The lowest BCUT2D eigenvalue weighted by Gasteiger charge is -2.18. The number of ether oxygens (including phenoxy) is 3. The molecule has 0 rings (SSSR count). The highest BCUT2D eigenvalue weighted by molar-refractivity contribution is 5.71. The quantitative estimate of drug-likeness (QED) is 0.0261. The number of esters is 3. The molecular formula is C68H118O6. The molecule has 0 bridgehead atoms. The first-order chi connectivity index (χ1) is 36.5. The van der Waals surface area contributed by atoms with Gasteiger partial charge >= 0.3 is 17.9 Å². The van der Waals surface area contributed by atoms with E-state index in [1.807, 2.05) is 0 Å². The Labute approximate surface area is 458 Å². The van der Waals surface area contributed by atoms with Crippen LogP contribution in [-0.4, -0.2) is 37.2 Å². The molecule has 74 heavy (non-hydrogen) atoms. The predicted octanol–water partition coefficient (Wildman–Crippen LogP) is 21.5. The molecule has 1 atom stereocenters. The SMILES string of the molecule is CC/C=C\C/C=C\C/C=C\C/C=C\CCCCC(=O)OC(COC(=O)CCCCCCC/C=C\CCC)COC(=O)CCCCCCCCCCCCCCCCCCCCC/C=C\C/C=C\CCCCCCC. The van der Waals surface area contributed by atoms with Crippen molar-refractivity contribution < 1.29 is 28.6 Å². The number of allylic oxidation sites excluding steroid dienone is 14. The van der Waals surface area contributed by atoms with Gasteiger partial charge in [-0.15, -0.1) is 0 Å². The summed E-state index contributed by atoms with van der Waals surface area (Å²) in [5.41, 5.74) is 0. The summed E-state index contributed by atoms with van der Waals surface area (Å²) >= 11 is 0. The van der Waals surface area contributed by atoms with Crippen LogP contribution in [0.15, 0.2) is 85.1 Å². The van der Waals surface area contributed by atoms with E-state index >= 15 is 0 Å². The molecule has 0 saturated heterocycles. The highest BCUT2D eigenvalue weighted by Crippen LogP contribution is 2.17. The second kappa shape index (κ2) is 62.1. The van der Waals surface area contributed by atoms with E-state index < -0.39 is 6.10 Å². The molecule has 426 valence electrons. The Bertz CT molecular complexity index is 1420. The Kier molecular flexibility index (Phi) is 59.3. The van der Waals surface area contributed by atoms with Crippen LogP contribution in [-0.2, 0) is 28.6 Å². The monoisotopic (exact) mass is 1030 g/mol. The molecule has 0 aromatic carbocycles. The van der Waals surface area contributed by atoms with Crippen molar-refractivity contribution in [3.05, 3.63) is 85.1 Å². The van der Waals surface area contributed by atoms with E-state index in [9.17, 15) is 14.4 Å². The lowest BCUT2D eigenvalue weighted by atomic mass is 10.0. The third-order valence-corrected chi connectivity index (χ3v) is 13.6. The van der Waals surface area contributed by atoms with Gasteiger partial charge < -0.3 is 14.2 Å². The molecule has 0 saturated carbocycles. The Hall–Kier alpha value is -3.41. The van der Waals surface area contributed by atoms with E-state index in [2.05, 4.69) is 106 Å². The van der Waals surface area contributed by atoms with Gasteiger partial charge in [0.15, 0.2) is 6.10 Å². The molecule has 0 heterocycles. The molecular weight excluding hydrogens is 913 g/mol.